The molecule has 0 amide bonds. The number of halogens is 1. The van der Waals surface area contributed by atoms with E-state index in [4.69, 9.17) is 10.5 Å². The van der Waals surface area contributed by atoms with Crippen LogP contribution in [0.15, 0.2) is 22.7 Å². The molecule has 1 saturated carbocycles. The van der Waals surface area contributed by atoms with Crippen molar-refractivity contribution in [3.63, 3.8) is 0 Å². The molecule has 2 rings (SSSR count). The molecular formula is C18H28BrNO. The van der Waals surface area contributed by atoms with E-state index in [1.165, 1.54) is 12.8 Å². The zero-order chi connectivity index (χ0) is 15.6. The summed E-state index contributed by atoms with van der Waals surface area (Å²) in [6.45, 7) is 8.96. The van der Waals surface area contributed by atoms with E-state index in [1.54, 1.807) is 0 Å². The lowest BCUT2D eigenvalue weighted by atomic mass is 9.75. The number of hydrogen-bond acceptors (Lipinski definition) is 2. The molecular weight excluding hydrogens is 326 g/mol. The van der Waals surface area contributed by atoms with Crippen molar-refractivity contribution in [3.05, 3.63) is 28.2 Å². The first kappa shape index (κ1) is 16.8. The van der Waals surface area contributed by atoms with E-state index in [2.05, 4.69) is 54.9 Å². The predicted molar refractivity (Wildman–Crippen MR) is 92.5 cm³/mol. The summed E-state index contributed by atoms with van der Waals surface area (Å²) in [6, 6.07) is 6.26. The molecule has 0 radical (unpaired) electrons. The summed E-state index contributed by atoms with van der Waals surface area (Å²) in [5.41, 5.74) is 7.07. The van der Waals surface area contributed by atoms with E-state index in [0.29, 0.717) is 17.9 Å². The third kappa shape index (κ3) is 4.23. The maximum atomic E-state index is 6.38. The van der Waals surface area contributed by atoms with Crippen molar-refractivity contribution in [2.75, 3.05) is 0 Å². The van der Waals surface area contributed by atoms with Gasteiger partial charge in [0.2, 0.25) is 0 Å². The quantitative estimate of drug-likeness (QED) is 0.795. The van der Waals surface area contributed by atoms with Gasteiger partial charge in [-0.25, -0.2) is 0 Å². The van der Waals surface area contributed by atoms with Crippen molar-refractivity contribution in [1.29, 1.82) is 0 Å². The van der Waals surface area contributed by atoms with E-state index in [1.807, 2.05) is 6.92 Å². The predicted octanol–water partition coefficient (Wildman–Crippen LogP) is 5.31. The first-order chi connectivity index (χ1) is 9.88. The molecule has 0 aliphatic heterocycles. The SMILES string of the molecule is CC1CCC(C(C)C)C(Oc2ccc([C@H](C)N)cc2Br)C1. The molecule has 1 aliphatic rings. The van der Waals surface area contributed by atoms with Gasteiger partial charge in [-0.1, -0.05) is 33.3 Å². The second-order valence-corrected chi connectivity index (χ2v) is 7.82. The van der Waals surface area contributed by atoms with Gasteiger partial charge < -0.3 is 10.5 Å². The monoisotopic (exact) mass is 353 g/mol. The molecule has 21 heavy (non-hydrogen) atoms. The average Bonchev–Trinajstić information content (AvgIpc) is 2.40. The molecule has 3 heteroatoms. The van der Waals surface area contributed by atoms with Crippen LogP contribution in [0.3, 0.4) is 0 Å². The number of ether oxygens (including phenoxy) is 1. The first-order valence-corrected chi connectivity index (χ1v) is 8.89. The zero-order valence-electron chi connectivity index (χ0n) is 13.6. The standard InChI is InChI=1S/C18H28BrNO/c1-11(2)15-7-5-12(3)9-18(15)21-17-8-6-14(13(4)20)10-16(17)19/h6,8,10-13,15,18H,5,7,9,20H2,1-4H3/t12?,13-,15?,18?/m0/s1. The van der Waals surface area contributed by atoms with Gasteiger partial charge in [0.15, 0.2) is 0 Å². The lowest BCUT2D eigenvalue weighted by Crippen LogP contribution is -2.36. The molecule has 0 aromatic heterocycles. The van der Waals surface area contributed by atoms with Gasteiger partial charge in [0.05, 0.1) is 4.47 Å². The highest BCUT2D eigenvalue weighted by Crippen LogP contribution is 2.38. The molecule has 1 fully saturated rings. The summed E-state index contributed by atoms with van der Waals surface area (Å²) < 4.78 is 7.39. The van der Waals surface area contributed by atoms with E-state index < -0.39 is 0 Å². The van der Waals surface area contributed by atoms with Gasteiger partial charge in [0.25, 0.3) is 0 Å². The van der Waals surface area contributed by atoms with Crippen LogP contribution in [0.5, 0.6) is 5.75 Å². The Morgan fingerprint density at radius 3 is 2.52 bits per heavy atom. The van der Waals surface area contributed by atoms with Crippen LogP contribution in [-0.2, 0) is 0 Å². The zero-order valence-corrected chi connectivity index (χ0v) is 15.2. The van der Waals surface area contributed by atoms with Crippen molar-refractivity contribution in [3.8, 4) is 5.75 Å². The van der Waals surface area contributed by atoms with Crippen LogP contribution < -0.4 is 10.5 Å². The minimum atomic E-state index is 0.0495. The van der Waals surface area contributed by atoms with Gasteiger partial charge in [-0.15, -0.1) is 0 Å². The van der Waals surface area contributed by atoms with Crippen LogP contribution in [0.25, 0.3) is 0 Å². The number of rotatable bonds is 4. The van der Waals surface area contributed by atoms with Crippen LogP contribution in [0.1, 0.15) is 58.6 Å². The fraction of sp³-hybridized carbons (Fsp3) is 0.667. The van der Waals surface area contributed by atoms with Crippen LogP contribution in [0, 0.1) is 17.8 Å². The summed E-state index contributed by atoms with van der Waals surface area (Å²) >= 11 is 3.63. The van der Waals surface area contributed by atoms with Crippen LogP contribution in [-0.4, -0.2) is 6.10 Å². The Bertz CT molecular complexity index is 472. The molecule has 2 nitrogen and oxygen atoms in total. The van der Waals surface area contributed by atoms with E-state index >= 15 is 0 Å². The van der Waals surface area contributed by atoms with Gasteiger partial charge in [-0.3, -0.25) is 0 Å². The molecule has 1 aromatic carbocycles. The third-order valence-electron chi connectivity index (χ3n) is 4.72. The molecule has 4 atom stereocenters. The molecule has 118 valence electrons. The first-order valence-electron chi connectivity index (χ1n) is 8.10. The van der Waals surface area contributed by atoms with Gasteiger partial charge in [0, 0.05) is 6.04 Å². The van der Waals surface area contributed by atoms with Gasteiger partial charge in [0.1, 0.15) is 11.9 Å². The topological polar surface area (TPSA) is 35.2 Å². The van der Waals surface area contributed by atoms with Gasteiger partial charge >= 0.3 is 0 Å². The molecule has 1 aromatic rings. The van der Waals surface area contributed by atoms with Crippen molar-refractivity contribution >= 4 is 15.9 Å². The van der Waals surface area contributed by atoms with Crippen molar-refractivity contribution in [1.82, 2.24) is 0 Å². The summed E-state index contributed by atoms with van der Waals surface area (Å²) in [5.74, 6) is 3.03. The Kier molecular flexibility index (Phi) is 5.73. The molecule has 3 unspecified atom stereocenters. The van der Waals surface area contributed by atoms with Crippen LogP contribution in [0.4, 0.5) is 0 Å². The maximum Gasteiger partial charge on any atom is 0.133 e. The Morgan fingerprint density at radius 2 is 1.95 bits per heavy atom. The fourth-order valence-electron chi connectivity index (χ4n) is 3.31. The molecule has 0 bridgehead atoms. The number of hydrogen-bond donors (Lipinski definition) is 1. The molecule has 1 aliphatic carbocycles. The minimum absolute atomic E-state index is 0.0495. The lowest BCUT2D eigenvalue weighted by molar-refractivity contribution is 0.0454. The summed E-state index contributed by atoms with van der Waals surface area (Å²) in [6.07, 6.45) is 4.09. The highest BCUT2D eigenvalue weighted by Gasteiger charge is 2.32. The van der Waals surface area contributed by atoms with Gasteiger partial charge in [-0.05, 0) is 71.1 Å². The highest BCUT2D eigenvalue weighted by molar-refractivity contribution is 9.10. The molecule has 0 spiro atoms. The smallest absolute Gasteiger partial charge is 0.133 e. The Morgan fingerprint density at radius 1 is 1.24 bits per heavy atom. The molecule has 2 N–H and O–H groups in total. The average molecular weight is 354 g/mol. The number of benzene rings is 1. The largest absolute Gasteiger partial charge is 0.489 e. The Balaban J connectivity index is 2.15. The fourth-order valence-corrected chi connectivity index (χ4v) is 3.80. The second-order valence-electron chi connectivity index (χ2n) is 6.96. The summed E-state index contributed by atoms with van der Waals surface area (Å²) in [7, 11) is 0. The van der Waals surface area contributed by atoms with Crippen molar-refractivity contribution in [2.45, 2.75) is 59.1 Å². The lowest BCUT2D eigenvalue weighted by Gasteiger charge is -2.37. The normalized spacial score (nSPS) is 27.7. The van der Waals surface area contributed by atoms with E-state index in [-0.39, 0.29) is 6.04 Å². The Labute approximate surface area is 137 Å². The number of nitrogens with two attached hydrogens (primary N) is 1. The molecule has 0 heterocycles. The minimum Gasteiger partial charge on any atom is -0.489 e. The van der Waals surface area contributed by atoms with E-state index in [0.717, 1.165) is 28.1 Å². The summed E-state index contributed by atoms with van der Waals surface area (Å²) in [4.78, 5) is 0. The van der Waals surface area contributed by atoms with E-state index in [9.17, 15) is 0 Å². The van der Waals surface area contributed by atoms with Gasteiger partial charge in [-0.2, -0.15) is 0 Å². The maximum absolute atomic E-state index is 6.38. The van der Waals surface area contributed by atoms with Crippen molar-refractivity contribution in [2.24, 2.45) is 23.5 Å². The van der Waals surface area contributed by atoms with Crippen molar-refractivity contribution < 1.29 is 4.74 Å². The summed E-state index contributed by atoms with van der Waals surface area (Å²) in [5, 5.41) is 0. The third-order valence-corrected chi connectivity index (χ3v) is 5.34. The highest BCUT2D eigenvalue weighted by atomic mass is 79.9. The van der Waals surface area contributed by atoms with Crippen LogP contribution >= 0.6 is 15.9 Å². The Hall–Kier alpha value is -0.540. The molecule has 0 saturated heterocycles. The van der Waals surface area contributed by atoms with Crippen LogP contribution in [0.2, 0.25) is 0 Å². The second kappa shape index (κ2) is 7.15.